The van der Waals surface area contributed by atoms with Crippen LogP contribution in [0.1, 0.15) is 58.2 Å². The van der Waals surface area contributed by atoms with Crippen LogP contribution in [0.25, 0.3) is 22.3 Å². The monoisotopic (exact) mass is 356 g/mol. The van der Waals surface area contributed by atoms with Gasteiger partial charge in [0.1, 0.15) is 0 Å². The van der Waals surface area contributed by atoms with Crippen molar-refractivity contribution in [1.82, 2.24) is 0 Å². The van der Waals surface area contributed by atoms with Gasteiger partial charge in [-0.25, -0.2) is 0 Å². The maximum Gasteiger partial charge on any atom is -0.0132 e. The maximum absolute atomic E-state index is 2.30. The highest BCUT2D eigenvalue weighted by Crippen LogP contribution is 2.31. The highest BCUT2D eigenvalue weighted by molar-refractivity contribution is 5.73. The lowest BCUT2D eigenvalue weighted by atomic mass is 9.85. The Balaban J connectivity index is 1.90. The van der Waals surface area contributed by atoms with E-state index in [9.17, 15) is 0 Å². The first kappa shape index (κ1) is 19.4. The first-order valence-electron chi connectivity index (χ1n) is 9.88. The number of hydrogen-bond donors (Lipinski definition) is 0. The van der Waals surface area contributed by atoms with Gasteiger partial charge in [0, 0.05) is 0 Å². The zero-order valence-electron chi connectivity index (χ0n) is 17.9. The molecule has 0 nitrogen and oxygen atoms in total. The van der Waals surface area contributed by atoms with Crippen LogP contribution in [0.15, 0.2) is 66.7 Å². The smallest absolute Gasteiger partial charge is 0.0132 e. The standard InChI is InChI=1S/C27H32/c1-19-18-22(20-8-13-23(14-9-20)26(2,3)4)12-17-25(19)21-10-15-24(16-11-21)27(5,6)7/h8-18H,1-7H3. The minimum absolute atomic E-state index is 0.191. The summed E-state index contributed by atoms with van der Waals surface area (Å²) in [5.41, 5.74) is 9.60. The largest absolute Gasteiger partial charge is 0.0579 e. The molecule has 0 aliphatic heterocycles. The normalized spacial score (nSPS) is 12.3. The molecular formula is C27H32. The molecule has 0 unspecified atom stereocenters. The van der Waals surface area contributed by atoms with E-state index in [0.717, 1.165) is 0 Å². The van der Waals surface area contributed by atoms with Gasteiger partial charge in [-0.1, -0.05) is 108 Å². The summed E-state index contributed by atoms with van der Waals surface area (Å²) in [5, 5.41) is 0. The zero-order valence-corrected chi connectivity index (χ0v) is 17.9. The van der Waals surface area contributed by atoms with Gasteiger partial charge in [-0.3, -0.25) is 0 Å². The van der Waals surface area contributed by atoms with Crippen LogP contribution in [-0.2, 0) is 10.8 Å². The predicted octanol–water partition coefficient (Wildman–Crippen LogP) is 7.92. The van der Waals surface area contributed by atoms with Gasteiger partial charge in [0.15, 0.2) is 0 Å². The lowest BCUT2D eigenvalue weighted by molar-refractivity contribution is 0.590. The number of aryl methyl sites for hydroxylation is 1. The maximum atomic E-state index is 2.30. The quantitative estimate of drug-likeness (QED) is 0.437. The second kappa shape index (κ2) is 7.00. The number of rotatable bonds is 2. The third kappa shape index (κ3) is 4.33. The van der Waals surface area contributed by atoms with Crippen LogP contribution in [0.5, 0.6) is 0 Å². The molecule has 0 saturated heterocycles. The Bertz CT molecular complexity index is 912. The van der Waals surface area contributed by atoms with Crippen molar-refractivity contribution in [2.45, 2.75) is 59.3 Å². The van der Waals surface area contributed by atoms with Crippen molar-refractivity contribution in [3.05, 3.63) is 83.4 Å². The molecule has 0 aliphatic rings. The highest BCUT2D eigenvalue weighted by atomic mass is 14.2. The molecular weight excluding hydrogens is 324 g/mol. The molecule has 0 heterocycles. The van der Waals surface area contributed by atoms with Crippen molar-refractivity contribution in [2.75, 3.05) is 0 Å². The number of hydrogen-bond acceptors (Lipinski definition) is 0. The lowest BCUT2D eigenvalue weighted by Gasteiger charge is -2.20. The molecule has 0 aliphatic carbocycles. The van der Waals surface area contributed by atoms with Crippen molar-refractivity contribution in [3.63, 3.8) is 0 Å². The molecule has 0 fully saturated rings. The molecule has 0 amide bonds. The second-order valence-electron chi connectivity index (χ2n) is 9.68. The van der Waals surface area contributed by atoms with Crippen LogP contribution in [0.3, 0.4) is 0 Å². The molecule has 0 spiro atoms. The fourth-order valence-electron chi connectivity index (χ4n) is 3.48. The first-order chi connectivity index (χ1) is 12.6. The minimum Gasteiger partial charge on any atom is -0.0579 e. The summed E-state index contributed by atoms with van der Waals surface area (Å²) >= 11 is 0. The Kier molecular flexibility index (Phi) is 5.04. The molecule has 0 bridgehead atoms. The Hall–Kier alpha value is -2.34. The fourth-order valence-corrected chi connectivity index (χ4v) is 3.48. The van der Waals surface area contributed by atoms with Crippen molar-refractivity contribution in [2.24, 2.45) is 0 Å². The van der Waals surface area contributed by atoms with Crippen LogP contribution in [0, 0.1) is 6.92 Å². The first-order valence-corrected chi connectivity index (χ1v) is 9.88. The molecule has 3 rings (SSSR count). The zero-order chi connectivity index (χ0) is 19.8. The van der Waals surface area contributed by atoms with E-state index in [1.807, 2.05) is 0 Å². The van der Waals surface area contributed by atoms with Gasteiger partial charge in [0.05, 0.1) is 0 Å². The van der Waals surface area contributed by atoms with Gasteiger partial charge in [0.2, 0.25) is 0 Å². The Morgan fingerprint density at radius 3 is 1.30 bits per heavy atom. The van der Waals surface area contributed by atoms with Gasteiger partial charge in [0.25, 0.3) is 0 Å². The van der Waals surface area contributed by atoms with Crippen molar-refractivity contribution >= 4 is 0 Å². The highest BCUT2D eigenvalue weighted by Gasteiger charge is 2.14. The molecule has 140 valence electrons. The van der Waals surface area contributed by atoms with Crippen LogP contribution in [0.2, 0.25) is 0 Å². The van der Waals surface area contributed by atoms with Gasteiger partial charge < -0.3 is 0 Å². The summed E-state index contributed by atoms with van der Waals surface area (Å²) in [6.45, 7) is 15.7. The average Bonchev–Trinajstić information content (AvgIpc) is 2.60. The molecule has 3 aromatic rings. The van der Waals surface area contributed by atoms with E-state index < -0.39 is 0 Å². The van der Waals surface area contributed by atoms with E-state index in [0.29, 0.717) is 0 Å². The third-order valence-corrected chi connectivity index (χ3v) is 5.37. The van der Waals surface area contributed by atoms with Crippen LogP contribution < -0.4 is 0 Å². The minimum atomic E-state index is 0.191. The Labute approximate surface area is 165 Å². The van der Waals surface area contributed by atoms with Crippen molar-refractivity contribution in [1.29, 1.82) is 0 Å². The molecule has 0 N–H and O–H groups in total. The van der Waals surface area contributed by atoms with E-state index >= 15 is 0 Å². The van der Waals surface area contributed by atoms with E-state index in [1.54, 1.807) is 0 Å². The van der Waals surface area contributed by atoms with Crippen LogP contribution in [0.4, 0.5) is 0 Å². The van der Waals surface area contributed by atoms with E-state index in [4.69, 9.17) is 0 Å². The van der Waals surface area contributed by atoms with Crippen molar-refractivity contribution < 1.29 is 0 Å². The average molecular weight is 357 g/mol. The molecule has 0 heteroatoms. The van der Waals surface area contributed by atoms with E-state index in [-0.39, 0.29) is 10.8 Å². The van der Waals surface area contributed by atoms with E-state index in [2.05, 4.69) is 115 Å². The van der Waals surface area contributed by atoms with Gasteiger partial charge in [-0.2, -0.15) is 0 Å². The van der Waals surface area contributed by atoms with Gasteiger partial charge in [-0.15, -0.1) is 0 Å². The summed E-state index contributed by atoms with van der Waals surface area (Å²) < 4.78 is 0. The summed E-state index contributed by atoms with van der Waals surface area (Å²) in [5.74, 6) is 0. The summed E-state index contributed by atoms with van der Waals surface area (Å²) in [6, 6.07) is 24.8. The summed E-state index contributed by atoms with van der Waals surface area (Å²) in [7, 11) is 0. The molecule has 0 atom stereocenters. The lowest BCUT2D eigenvalue weighted by Crippen LogP contribution is -2.10. The fraction of sp³-hybridized carbons (Fsp3) is 0.333. The third-order valence-electron chi connectivity index (χ3n) is 5.37. The summed E-state index contributed by atoms with van der Waals surface area (Å²) in [4.78, 5) is 0. The molecule has 27 heavy (non-hydrogen) atoms. The molecule has 0 aromatic heterocycles. The van der Waals surface area contributed by atoms with Gasteiger partial charge in [-0.05, 0) is 56.7 Å². The van der Waals surface area contributed by atoms with Crippen molar-refractivity contribution in [3.8, 4) is 22.3 Å². The predicted molar refractivity (Wildman–Crippen MR) is 119 cm³/mol. The van der Waals surface area contributed by atoms with Crippen LogP contribution in [-0.4, -0.2) is 0 Å². The Morgan fingerprint density at radius 2 is 0.889 bits per heavy atom. The SMILES string of the molecule is Cc1cc(-c2ccc(C(C)(C)C)cc2)ccc1-c1ccc(C(C)(C)C)cc1. The van der Waals surface area contributed by atoms with Gasteiger partial charge >= 0.3 is 0 Å². The molecule has 3 aromatic carbocycles. The second-order valence-corrected chi connectivity index (χ2v) is 9.68. The summed E-state index contributed by atoms with van der Waals surface area (Å²) in [6.07, 6.45) is 0. The Morgan fingerprint density at radius 1 is 0.481 bits per heavy atom. The molecule has 0 saturated carbocycles. The van der Waals surface area contributed by atoms with Crippen LogP contribution >= 0.6 is 0 Å². The van der Waals surface area contributed by atoms with E-state index in [1.165, 1.54) is 38.9 Å². The number of benzene rings is 3. The topological polar surface area (TPSA) is 0 Å². The molecule has 0 radical (unpaired) electrons.